The average molecular weight is 418 g/mol. The number of pyridine rings is 1. The van der Waals surface area contributed by atoms with Gasteiger partial charge in [0.25, 0.3) is 5.91 Å². The predicted octanol–water partition coefficient (Wildman–Crippen LogP) is 2.67. The van der Waals surface area contributed by atoms with Crippen molar-refractivity contribution in [1.82, 2.24) is 9.88 Å². The molecule has 0 fully saturated rings. The molecule has 0 bridgehead atoms. The van der Waals surface area contributed by atoms with Gasteiger partial charge in [0.05, 0.1) is 17.8 Å². The zero-order valence-electron chi connectivity index (χ0n) is 16.2. The number of aromatic nitrogens is 1. The van der Waals surface area contributed by atoms with Crippen molar-refractivity contribution in [2.24, 2.45) is 16.5 Å². The van der Waals surface area contributed by atoms with Crippen molar-refractivity contribution in [1.29, 1.82) is 0 Å². The number of aliphatic imine (C=N–C) groups is 1. The molecule has 10 heteroatoms. The van der Waals surface area contributed by atoms with Crippen molar-refractivity contribution in [3.8, 4) is 0 Å². The van der Waals surface area contributed by atoms with E-state index in [1.165, 1.54) is 12.1 Å². The summed E-state index contributed by atoms with van der Waals surface area (Å²) in [4.78, 5) is 22.4. The van der Waals surface area contributed by atoms with Crippen molar-refractivity contribution in [3.63, 3.8) is 0 Å². The van der Waals surface area contributed by atoms with Crippen LogP contribution in [-0.2, 0) is 6.18 Å². The molecule has 2 aromatic rings. The van der Waals surface area contributed by atoms with Crippen LogP contribution in [0.25, 0.3) is 5.70 Å². The van der Waals surface area contributed by atoms with E-state index >= 15 is 0 Å². The highest BCUT2D eigenvalue weighted by Gasteiger charge is 2.31. The monoisotopic (exact) mass is 418 g/mol. The number of halogens is 3. The van der Waals surface area contributed by atoms with Gasteiger partial charge in [0.15, 0.2) is 0 Å². The number of nitrogens with two attached hydrogens (primary N) is 2. The number of nitrogens with zero attached hydrogens (tertiary/aromatic N) is 3. The molecule has 0 saturated carbocycles. The summed E-state index contributed by atoms with van der Waals surface area (Å²) in [6.45, 7) is 4.01. The van der Waals surface area contributed by atoms with Crippen molar-refractivity contribution >= 4 is 23.3 Å². The fourth-order valence-corrected chi connectivity index (χ4v) is 3.07. The number of rotatable bonds is 4. The second-order valence-electron chi connectivity index (χ2n) is 6.57. The summed E-state index contributed by atoms with van der Waals surface area (Å²) in [6, 6.07) is 7.95. The molecular formula is C20H21F3N6O. The first-order valence-electron chi connectivity index (χ1n) is 9.20. The topological polar surface area (TPSA) is 110 Å². The summed E-state index contributed by atoms with van der Waals surface area (Å²) in [6.07, 6.45) is -3.53. The summed E-state index contributed by atoms with van der Waals surface area (Å²) >= 11 is 0. The number of alkyl halides is 3. The fourth-order valence-electron chi connectivity index (χ4n) is 3.07. The van der Waals surface area contributed by atoms with Crippen molar-refractivity contribution in [2.45, 2.75) is 13.1 Å². The Balaban J connectivity index is 1.80. The molecule has 1 aliphatic heterocycles. The highest BCUT2D eigenvalue weighted by atomic mass is 19.4. The molecule has 3 rings (SSSR count). The van der Waals surface area contributed by atoms with Crippen molar-refractivity contribution in [2.75, 3.05) is 25.0 Å². The Kier molecular flexibility index (Phi) is 5.95. The number of carbonyl (C=O) groups excluding carboxylic acids is 1. The van der Waals surface area contributed by atoms with Crippen molar-refractivity contribution < 1.29 is 18.0 Å². The van der Waals surface area contributed by atoms with E-state index in [0.29, 0.717) is 35.9 Å². The first-order valence-corrected chi connectivity index (χ1v) is 9.20. The van der Waals surface area contributed by atoms with E-state index in [4.69, 9.17) is 11.5 Å². The molecule has 5 N–H and O–H groups in total. The summed E-state index contributed by atoms with van der Waals surface area (Å²) in [7, 11) is 0. The highest BCUT2D eigenvalue weighted by Crippen LogP contribution is 2.30. The molecule has 0 atom stereocenters. The van der Waals surface area contributed by atoms with Crippen LogP contribution in [0.3, 0.4) is 0 Å². The number of hydrogen-bond donors (Lipinski definition) is 3. The number of benzene rings is 1. The minimum absolute atomic E-state index is 0.190. The number of nitrogens with one attached hydrogen (secondary N) is 1. The van der Waals surface area contributed by atoms with Crippen LogP contribution in [0.1, 0.15) is 28.4 Å². The van der Waals surface area contributed by atoms with E-state index in [2.05, 4.69) is 15.3 Å². The van der Waals surface area contributed by atoms with Crippen LogP contribution < -0.4 is 16.8 Å². The van der Waals surface area contributed by atoms with Crippen LogP contribution in [0.2, 0.25) is 0 Å². The van der Waals surface area contributed by atoms with E-state index in [0.717, 1.165) is 24.9 Å². The molecule has 1 aromatic heterocycles. The molecule has 1 aliphatic rings. The Morgan fingerprint density at radius 2 is 1.87 bits per heavy atom. The lowest BCUT2D eigenvalue weighted by atomic mass is 10.1. The van der Waals surface area contributed by atoms with Crippen LogP contribution in [0.15, 0.2) is 53.3 Å². The first-order chi connectivity index (χ1) is 14.2. The van der Waals surface area contributed by atoms with Gasteiger partial charge in [-0.2, -0.15) is 13.2 Å². The Morgan fingerprint density at radius 3 is 2.50 bits per heavy atom. The second kappa shape index (κ2) is 8.44. The molecule has 7 nitrogen and oxygen atoms in total. The molecule has 30 heavy (non-hydrogen) atoms. The van der Waals surface area contributed by atoms with Gasteiger partial charge >= 0.3 is 6.18 Å². The molecule has 0 radical (unpaired) electrons. The van der Waals surface area contributed by atoms with E-state index in [9.17, 15) is 18.0 Å². The molecule has 1 aromatic carbocycles. The van der Waals surface area contributed by atoms with Crippen LogP contribution in [-0.4, -0.2) is 41.3 Å². The van der Waals surface area contributed by atoms with Gasteiger partial charge in [-0.1, -0.05) is 12.1 Å². The molecule has 0 spiro atoms. The van der Waals surface area contributed by atoms with E-state index < -0.39 is 17.6 Å². The lowest BCUT2D eigenvalue weighted by molar-refractivity contribution is -0.137. The lowest BCUT2D eigenvalue weighted by Gasteiger charge is -2.30. The van der Waals surface area contributed by atoms with Gasteiger partial charge in [-0.25, -0.2) is 4.98 Å². The Labute approximate surface area is 171 Å². The number of hydrogen-bond acceptors (Lipinski definition) is 6. The average Bonchev–Trinajstić information content (AvgIpc) is 2.72. The maximum atomic E-state index is 12.8. The van der Waals surface area contributed by atoms with Gasteiger partial charge in [-0.3, -0.25) is 9.79 Å². The van der Waals surface area contributed by atoms with Crippen LogP contribution in [0.4, 0.5) is 19.0 Å². The second-order valence-corrected chi connectivity index (χ2v) is 6.57. The normalized spacial score (nSPS) is 16.1. The Bertz CT molecular complexity index is 998. The number of amidine groups is 1. The summed E-state index contributed by atoms with van der Waals surface area (Å²) < 4.78 is 38.4. The minimum Gasteiger partial charge on any atom is -0.396 e. The number of anilines is 1. The smallest absolute Gasteiger partial charge is 0.396 e. The van der Waals surface area contributed by atoms with Gasteiger partial charge in [-0.15, -0.1) is 0 Å². The minimum atomic E-state index is -4.52. The molecule has 0 saturated heterocycles. The van der Waals surface area contributed by atoms with Gasteiger partial charge in [0.2, 0.25) is 0 Å². The van der Waals surface area contributed by atoms with Crippen LogP contribution in [0.5, 0.6) is 0 Å². The molecule has 158 valence electrons. The SMILES string of the molecule is CCN1CCN=C(N)/C1=C(/N)c1ccc(C(=O)Nc2cc(C(F)(F)F)ccn2)cc1. The van der Waals surface area contributed by atoms with E-state index in [1.807, 2.05) is 11.8 Å². The lowest BCUT2D eigenvalue weighted by Crippen LogP contribution is -2.39. The molecular weight excluding hydrogens is 397 g/mol. The number of amides is 1. The molecule has 2 heterocycles. The van der Waals surface area contributed by atoms with Gasteiger partial charge in [0, 0.05) is 24.8 Å². The Hall–Kier alpha value is -3.56. The third-order valence-electron chi connectivity index (χ3n) is 4.63. The first kappa shape index (κ1) is 21.2. The number of likely N-dealkylation sites (N-methyl/N-ethyl adjacent to an activating group) is 1. The van der Waals surface area contributed by atoms with Crippen molar-refractivity contribution in [3.05, 3.63) is 65.0 Å². The van der Waals surface area contributed by atoms with Gasteiger partial charge in [0.1, 0.15) is 17.4 Å². The molecule has 0 aliphatic carbocycles. The summed E-state index contributed by atoms with van der Waals surface area (Å²) in [5, 5.41) is 2.37. The summed E-state index contributed by atoms with van der Waals surface area (Å²) in [5.41, 5.74) is 13.4. The molecule has 0 unspecified atom stereocenters. The van der Waals surface area contributed by atoms with E-state index in [-0.39, 0.29) is 11.4 Å². The standard InChI is InChI=1S/C20H21F3N6O/c1-2-29-10-9-27-18(25)17(29)16(24)12-3-5-13(6-4-12)19(30)28-15-11-14(7-8-26-15)20(21,22)23/h3-8,11H,2,9-10,24H2,1H3,(H2,25,27)(H,26,28,30)/b17-16-. The third kappa shape index (κ3) is 4.53. The third-order valence-corrected chi connectivity index (χ3v) is 4.63. The zero-order chi connectivity index (χ0) is 21.9. The van der Waals surface area contributed by atoms with Gasteiger partial charge in [-0.05, 0) is 36.8 Å². The highest BCUT2D eigenvalue weighted by molar-refractivity contribution is 6.05. The number of carbonyl (C=O) groups is 1. The largest absolute Gasteiger partial charge is 0.416 e. The predicted molar refractivity (Wildman–Crippen MR) is 108 cm³/mol. The summed E-state index contributed by atoms with van der Waals surface area (Å²) in [5.74, 6) is -0.420. The van der Waals surface area contributed by atoms with Crippen LogP contribution in [0, 0.1) is 0 Å². The maximum absolute atomic E-state index is 12.8. The van der Waals surface area contributed by atoms with Crippen LogP contribution >= 0.6 is 0 Å². The van der Waals surface area contributed by atoms with E-state index in [1.54, 1.807) is 12.1 Å². The fraction of sp³-hybridized carbons (Fsp3) is 0.250. The Morgan fingerprint density at radius 1 is 1.20 bits per heavy atom. The van der Waals surface area contributed by atoms with Gasteiger partial charge < -0.3 is 21.7 Å². The maximum Gasteiger partial charge on any atom is 0.416 e. The molecule has 1 amide bonds. The zero-order valence-corrected chi connectivity index (χ0v) is 16.2. The quantitative estimate of drug-likeness (QED) is 0.707.